The number of rotatable bonds is 6. The summed E-state index contributed by atoms with van der Waals surface area (Å²) in [5.41, 5.74) is 1.47. The van der Waals surface area contributed by atoms with Crippen LogP contribution >= 0.6 is 0 Å². The fourth-order valence-corrected chi connectivity index (χ4v) is 3.73. The van der Waals surface area contributed by atoms with Crippen LogP contribution in [-0.2, 0) is 6.54 Å². The molecule has 4 nitrogen and oxygen atoms in total. The number of nitrogens with zero attached hydrogens (tertiary/aromatic N) is 2. The Labute approximate surface area is 153 Å². The van der Waals surface area contributed by atoms with Crippen LogP contribution in [0.5, 0.6) is 5.75 Å². The fraction of sp³-hybridized carbons (Fsp3) is 0.364. The van der Waals surface area contributed by atoms with E-state index in [0.29, 0.717) is 18.8 Å². The molecule has 4 rings (SSSR count). The zero-order valence-electron chi connectivity index (χ0n) is 14.9. The van der Waals surface area contributed by atoms with Gasteiger partial charge in [-0.25, -0.2) is 4.98 Å². The summed E-state index contributed by atoms with van der Waals surface area (Å²) in [5, 5.41) is 1.06. The lowest BCUT2D eigenvalue weighted by Crippen LogP contribution is -2.19. The summed E-state index contributed by atoms with van der Waals surface area (Å²) >= 11 is 0. The Morgan fingerprint density at radius 1 is 1.04 bits per heavy atom. The third kappa shape index (κ3) is 3.64. The van der Waals surface area contributed by atoms with E-state index >= 15 is 0 Å². The molecule has 0 saturated heterocycles. The van der Waals surface area contributed by atoms with Crippen LogP contribution in [0.1, 0.15) is 42.6 Å². The summed E-state index contributed by atoms with van der Waals surface area (Å²) < 4.78 is 7.85. The van der Waals surface area contributed by atoms with Crippen LogP contribution in [-0.4, -0.2) is 21.9 Å². The summed E-state index contributed by atoms with van der Waals surface area (Å²) in [6.45, 7) is 1.27. The molecule has 2 aromatic heterocycles. The minimum atomic E-state index is 0.151. The molecule has 0 amide bonds. The van der Waals surface area contributed by atoms with Gasteiger partial charge in [0.1, 0.15) is 23.7 Å². The number of fused-ring (bicyclic) bond motifs is 1. The second kappa shape index (κ2) is 7.73. The molecule has 1 aromatic carbocycles. The number of hydrogen-bond acceptors (Lipinski definition) is 3. The molecule has 0 aliphatic heterocycles. The average molecular weight is 348 g/mol. The van der Waals surface area contributed by atoms with Crippen LogP contribution in [0.15, 0.2) is 54.7 Å². The molecule has 26 heavy (non-hydrogen) atoms. The number of hydrogen-bond donors (Lipinski definition) is 0. The van der Waals surface area contributed by atoms with Crippen molar-refractivity contribution < 1.29 is 9.53 Å². The van der Waals surface area contributed by atoms with Gasteiger partial charge in [-0.3, -0.25) is 4.79 Å². The van der Waals surface area contributed by atoms with E-state index in [0.717, 1.165) is 42.5 Å². The van der Waals surface area contributed by atoms with Crippen LogP contribution in [0.4, 0.5) is 0 Å². The summed E-state index contributed by atoms with van der Waals surface area (Å²) in [5.74, 6) is 1.23. The lowest BCUT2D eigenvalue weighted by Gasteiger charge is -2.19. The number of ether oxygens (including phenoxy) is 1. The van der Waals surface area contributed by atoms with Gasteiger partial charge in [-0.2, -0.15) is 0 Å². The highest BCUT2D eigenvalue weighted by atomic mass is 16.5. The van der Waals surface area contributed by atoms with Crippen LogP contribution < -0.4 is 4.74 Å². The summed E-state index contributed by atoms with van der Waals surface area (Å²) in [4.78, 5) is 17.5. The van der Waals surface area contributed by atoms with Gasteiger partial charge in [0.05, 0.1) is 6.54 Å². The molecule has 0 unspecified atom stereocenters. The number of Topliss-reactive ketones (excluding diaryl/α,β-unsaturated/α-hetero) is 1. The molecular weight excluding hydrogens is 324 g/mol. The summed E-state index contributed by atoms with van der Waals surface area (Å²) in [6, 6.07) is 15.7. The first-order chi connectivity index (χ1) is 12.8. The van der Waals surface area contributed by atoms with Crippen molar-refractivity contribution in [3.8, 4) is 5.75 Å². The number of carbonyl (C=O) groups is 1. The Morgan fingerprint density at radius 3 is 2.65 bits per heavy atom. The van der Waals surface area contributed by atoms with E-state index in [1.807, 2.05) is 54.7 Å². The Bertz CT molecular complexity index is 880. The van der Waals surface area contributed by atoms with Crippen LogP contribution in [0.3, 0.4) is 0 Å². The molecule has 0 radical (unpaired) electrons. The number of para-hydroxylation sites is 1. The number of carbonyl (C=O) groups excluding carboxylic acids is 1. The average Bonchev–Trinajstić information content (AvgIpc) is 3.11. The first-order valence-electron chi connectivity index (χ1n) is 9.49. The molecule has 1 fully saturated rings. The zero-order valence-corrected chi connectivity index (χ0v) is 14.9. The van der Waals surface area contributed by atoms with Gasteiger partial charge in [0, 0.05) is 17.5 Å². The molecule has 1 saturated carbocycles. The van der Waals surface area contributed by atoms with Crippen molar-refractivity contribution in [1.82, 2.24) is 9.55 Å². The van der Waals surface area contributed by atoms with E-state index in [4.69, 9.17) is 9.72 Å². The Kier molecular flexibility index (Phi) is 5.00. The van der Waals surface area contributed by atoms with E-state index in [2.05, 4.69) is 4.57 Å². The van der Waals surface area contributed by atoms with Crippen molar-refractivity contribution in [2.45, 2.75) is 38.6 Å². The van der Waals surface area contributed by atoms with E-state index < -0.39 is 0 Å². The van der Waals surface area contributed by atoms with Crippen molar-refractivity contribution in [1.29, 1.82) is 0 Å². The molecule has 0 bridgehead atoms. The molecule has 0 atom stereocenters. The number of aromatic nitrogens is 2. The monoisotopic (exact) mass is 348 g/mol. The van der Waals surface area contributed by atoms with Crippen molar-refractivity contribution in [2.24, 2.45) is 5.92 Å². The SMILES string of the molecule is O=C(c1ccc2ccn(CCOc3ccccc3)c2n1)C1CCCCC1. The maximum absolute atomic E-state index is 12.8. The van der Waals surface area contributed by atoms with Crippen molar-refractivity contribution in [3.05, 3.63) is 60.4 Å². The first-order valence-corrected chi connectivity index (χ1v) is 9.49. The molecule has 1 aliphatic rings. The van der Waals surface area contributed by atoms with Gasteiger partial charge in [0.25, 0.3) is 0 Å². The molecule has 0 N–H and O–H groups in total. The largest absolute Gasteiger partial charge is 0.492 e. The van der Waals surface area contributed by atoms with Crippen LogP contribution in [0, 0.1) is 5.92 Å². The smallest absolute Gasteiger partial charge is 0.184 e. The van der Waals surface area contributed by atoms with Crippen molar-refractivity contribution in [3.63, 3.8) is 0 Å². The lowest BCUT2D eigenvalue weighted by atomic mass is 9.85. The van der Waals surface area contributed by atoms with Crippen LogP contribution in [0.2, 0.25) is 0 Å². The van der Waals surface area contributed by atoms with Gasteiger partial charge < -0.3 is 9.30 Å². The molecule has 1 aliphatic carbocycles. The second-order valence-electron chi connectivity index (χ2n) is 6.98. The number of pyridine rings is 1. The molecule has 3 aromatic rings. The van der Waals surface area contributed by atoms with Gasteiger partial charge in [-0.1, -0.05) is 37.5 Å². The predicted octanol–water partition coefficient (Wildman–Crippen LogP) is 4.88. The number of ketones is 1. The normalized spacial score (nSPS) is 15.2. The van der Waals surface area contributed by atoms with E-state index in [1.165, 1.54) is 6.42 Å². The molecule has 4 heteroatoms. The van der Waals surface area contributed by atoms with E-state index in [9.17, 15) is 4.79 Å². The lowest BCUT2D eigenvalue weighted by molar-refractivity contribution is 0.0884. The highest BCUT2D eigenvalue weighted by molar-refractivity contribution is 5.97. The molecule has 134 valence electrons. The highest BCUT2D eigenvalue weighted by Gasteiger charge is 2.23. The quantitative estimate of drug-likeness (QED) is 0.597. The van der Waals surface area contributed by atoms with Gasteiger partial charge in [0.2, 0.25) is 0 Å². The first kappa shape index (κ1) is 16.8. The topological polar surface area (TPSA) is 44.1 Å². The molecule has 0 spiro atoms. The van der Waals surface area contributed by atoms with Gasteiger partial charge in [-0.15, -0.1) is 0 Å². The third-order valence-electron chi connectivity index (χ3n) is 5.18. The van der Waals surface area contributed by atoms with Crippen LogP contribution in [0.25, 0.3) is 11.0 Å². The van der Waals surface area contributed by atoms with Gasteiger partial charge in [-0.05, 0) is 43.2 Å². The minimum Gasteiger partial charge on any atom is -0.492 e. The highest BCUT2D eigenvalue weighted by Crippen LogP contribution is 2.27. The Hall–Kier alpha value is -2.62. The minimum absolute atomic E-state index is 0.151. The molecule has 2 heterocycles. The predicted molar refractivity (Wildman–Crippen MR) is 103 cm³/mol. The zero-order chi connectivity index (χ0) is 17.8. The fourth-order valence-electron chi connectivity index (χ4n) is 3.73. The summed E-state index contributed by atoms with van der Waals surface area (Å²) in [6.07, 6.45) is 7.59. The maximum Gasteiger partial charge on any atom is 0.184 e. The number of benzene rings is 1. The van der Waals surface area contributed by atoms with Gasteiger partial charge >= 0.3 is 0 Å². The molecular formula is C22H24N2O2. The Morgan fingerprint density at radius 2 is 1.85 bits per heavy atom. The second-order valence-corrected chi connectivity index (χ2v) is 6.98. The van der Waals surface area contributed by atoms with Crippen molar-refractivity contribution in [2.75, 3.05) is 6.61 Å². The third-order valence-corrected chi connectivity index (χ3v) is 5.18. The Balaban J connectivity index is 1.48. The van der Waals surface area contributed by atoms with Gasteiger partial charge in [0.15, 0.2) is 5.78 Å². The standard InChI is InChI=1S/C22H24N2O2/c25-21(17-7-3-1-4-8-17)20-12-11-18-13-14-24(22(18)23-20)15-16-26-19-9-5-2-6-10-19/h2,5-6,9-14,17H,1,3-4,7-8,15-16H2. The maximum atomic E-state index is 12.8. The van der Waals surface area contributed by atoms with E-state index in [-0.39, 0.29) is 11.7 Å². The summed E-state index contributed by atoms with van der Waals surface area (Å²) in [7, 11) is 0. The van der Waals surface area contributed by atoms with E-state index in [1.54, 1.807) is 0 Å². The van der Waals surface area contributed by atoms with Crippen molar-refractivity contribution >= 4 is 16.8 Å².